The summed E-state index contributed by atoms with van der Waals surface area (Å²) < 4.78 is 0. The van der Waals surface area contributed by atoms with Crippen LogP contribution in [0.15, 0.2) is 12.1 Å². The number of aromatic carboxylic acids is 1. The van der Waals surface area contributed by atoms with Crippen LogP contribution in [-0.2, 0) is 4.79 Å². The zero-order valence-electron chi connectivity index (χ0n) is 11.2. The largest absolute Gasteiger partial charge is 0.478 e. The summed E-state index contributed by atoms with van der Waals surface area (Å²) in [6.45, 7) is 2.10. The Balaban J connectivity index is 2.69. The third kappa shape index (κ3) is 5.02. The van der Waals surface area contributed by atoms with E-state index in [1.165, 1.54) is 12.1 Å². The second kappa shape index (κ2) is 8.12. The van der Waals surface area contributed by atoms with Crippen LogP contribution in [0.25, 0.3) is 0 Å². The number of rotatable bonds is 7. The molecule has 0 aromatic heterocycles. The van der Waals surface area contributed by atoms with Crippen LogP contribution < -0.4 is 5.32 Å². The molecule has 0 atom stereocenters. The Morgan fingerprint density at radius 3 is 2.45 bits per heavy atom. The van der Waals surface area contributed by atoms with E-state index in [1.807, 2.05) is 0 Å². The van der Waals surface area contributed by atoms with Gasteiger partial charge in [0.05, 0.1) is 21.3 Å². The van der Waals surface area contributed by atoms with Crippen LogP contribution in [0.1, 0.15) is 49.4 Å². The molecule has 0 unspecified atom stereocenters. The summed E-state index contributed by atoms with van der Waals surface area (Å²) in [5.74, 6) is -1.34. The summed E-state index contributed by atoms with van der Waals surface area (Å²) >= 11 is 11.7. The molecule has 0 spiro atoms. The molecule has 0 saturated heterocycles. The maximum atomic E-state index is 11.7. The van der Waals surface area contributed by atoms with Gasteiger partial charge in [0, 0.05) is 6.42 Å². The van der Waals surface area contributed by atoms with Crippen molar-refractivity contribution in [3.63, 3.8) is 0 Å². The van der Waals surface area contributed by atoms with Crippen LogP contribution >= 0.6 is 23.2 Å². The van der Waals surface area contributed by atoms with Crippen molar-refractivity contribution in [2.24, 2.45) is 0 Å². The minimum Gasteiger partial charge on any atom is -0.478 e. The average Bonchev–Trinajstić information content (AvgIpc) is 2.37. The zero-order valence-corrected chi connectivity index (χ0v) is 12.7. The molecule has 1 aromatic carbocycles. The first-order valence-corrected chi connectivity index (χ1v) is 7.23. The monoisotopic (exact) mass is 317 g/mol. The van der Waals surface area contributed by atoms with Gasteiger partial charge in [0.2, 0.25) is 5.91 Å². The van der Waals surface area contributed by atoms with Crippen molar-refractivity contribution in [2.45, 2.75) is 39.0 Å². The Morgan fingerprint density at radius 2 is 1.85 bits per heavy atom. The van der Waals surface area contributed by atoms with Crippen LogP contribution in [0, 0.1) is 0 Å². The first kappa shape index (κ1) is 16.8. The molecule has 0 bridgehead atoms. The molecule has 2 N–H and O–H groups in total. The molecule has 0 aliphatic carbocycles. The highest BCUT2D eigenvalue weighted by molar-refractivity contribution is 6.38. The predicted octanol–water partition coefficient (Wildman–Crippen LogP) is 4.60. The lowest BCUT2D eigenvalue weighted by Crippen LogP contribution is -2.12. The van der Waals surface area contributed by atoms with Crippen LogP contribution in [-0.4, -0.2) is 17.0 Å². The summed E-state index contributed by atoms with van der Waals surface area (Å²) in [4.78, 5) is 22.7. The number of carbonyl (C=O) groups excluding carboxylic acids is 1. The van der Waals surface area contributed by atoms with Crippen molar-refractivity contribution in [3.05, 3.63) is 27.7 Å². The van der Waals surface area contributed by atoms with E-state index in [-0.39, 0.29) is 27.2 Å². The van der Waals surface area contributed by atoms with E-state index < -0.39 is 5.97 Å². The number of carbonyl (C=O) groups is 2. The van der Waals surface area contributed by atoms with Gasteiger partial charge in [0.1, 0.15) is 0 Å². The van der Waals surface area contributed by atoms with Gasteiger partial charge >= 0.3 is 5.97 Å². The fraction of sp³-hybridized carbons (Fsp3) is 0.429. The van der Waals surface area contributed by atoms with Crippen LogP contribution in [0.2, 0.25) is 10.0 Å². The highest BCUT2D eigenvalue weighted by atomic mass is 35.5. The number of benzene rings is 1. The SMILES string of the molecule is CCCCCCC(=O)Nc1cc(C(=O)O)c(Cl)cc1Cl. The normalized spacial score (nSPS) is 10.3. The van der Waals surface area contributed by atoms with Gasteiger partial charge < -0.3 is 10.4 Å². The maximum absolute atomic E-state index is 11.7. The standard InChI is InChI=1S/C14H17Cl2NO3/c1-2-3-4-5-6-13(18)17-12-7-9(14(19)20)10(15)8-11(12)16/h7-8H,2-6H2,1H3,(H,17,18)(H,19,20). The number of anilines is 1. The molecular weight excluding hydrogens is 301 g/mol. The molecule has 110 valence electrons. The second-order valence-corrected chi connectivity index (χ2v) is 5.29. The van der Waals surface area contributed by atoms with Gasteiger partial charge in [0.15, 0.2) is 0 Å². The van der Waals surface area contributed by atoms with Gasteiger partial charge in [-0.15, -0.1) is 0 Å². The number of nitrogens with one attached hydrogen (secondary N) is 1. The van der Waals surface area contributed by atoms with Gasteiger partial charge in [-0.3, -0.25) is 4.79 Å². The lowest BCUT2D eigenvalue weighted by molar-refractivity contribution is -0.116. The fourth-order valence-electron chi connectivity index (χ4n) is 1.73. The summed E-state index contributed by atoms with van der Waals surface area (Å²) in [6.07, 6.45) is 4.39. The molecule has 6 heteroatoms. The van der Waals surface area contributed by atoms with E-state index in [0.717, 1.165) is 25.7 Å². The van der Waals surface area contributed by atoms with Gasteiger partial charge in [-0.1, -0.05) is 49.4 Å². The number of carboxylic acids is 1. The van der Waals surface area contributed by atoms with E-state index >= 15 is 0 Å². The van der Waals surface area contributed by atoms with E-state index in [2.05, 4.69) is 12.2 Å². The Kier molecular flexibility index (Phi) is 6.82. The van der Waals surface area contributed by atoms with E-state index in [9.17, 15) is 9.59 Å². The summed E-state index contributed by atoms with van der Waals surface area (Å²) in [5, 5.41) is 11.9. The fourth-order valence-corrected chi connectivity index (χ4v) is 2.24. The molecular formula is C14H17Cl2NO3. The number of carboxylic acid groups (broad SMARTS) is 1. The van der Waals surface area contributed by atoms with E-state index in [0.29, 0.717) is 6.42 Å². The molecule has 4 nitrogen and oxygen atoms in total. The Morgan fingerprint density at radius 1 is 1.15 bits per heavy atom. The van der Waals surface area contributed by atoms with Crippen molar-refractivity contribution in [1.29, 1.82) is 0 Å². The van der Waals surface area contributed by atoms with Gasteiger partial charge in [0.25, 0.3) is 0 Å². The molecule has 0 radical (unpaired) electrons. The number of hydrogen-bond acceptors (Lipinski definition) is 2. The highest BCUT2D eigenvalue weighted by Crippen LogP contribution is 2.29. The third-order valence-electron chi connectivity index (χ3n) is 2.82. The molecule has 0 saturated carbocycles. The second-order valence-electron chi connectivity index (χ2n) is 4.48. The minimum atomic E-state index is -1.16. The quantitative estimate of drug-likeness (QED) is 0.722. The van der Waals surface area contributed by atoms with Crippen molar-refractivity contribution in [3.8, 4) is 0 Å². The van der Waals surface area contributed by atoms with Crippen molar-refractivity contribution in [2.75, 3.05) is 5.32 Å². The lowest BCUT2D eigenvalue weighted by atomic mass is 10.1. The lowest BCUT2D eigenvalue weighted by Gasteiger charge is -2.09. The Bertz CT molecular complexity index is 503. The summed E-state index contributed by atoms with van der Waals surface area (Å²) in [5.41, 5.74) is 0.186. The Labute approximate surface area is 128 Å². The van der Waals surface area contributed by atoms with Gasteiger partial charge in [-0.25, -0.2) is 4.79 Å². The van der Waals surface area contributed by atoms with E-state index in [1.54, 1.807) is 0 Å². The predicted molar refractivity (Wildman–Crippen MR) is 80.8 cm³/mol. The maximum Gasteiger partial charge on any atom is 0.337 e. The highest BCUT2D eigenvalue weighted by Gasteiger charge is 2.14. The molecule has 0 fully saturated rings. The Hall–Kier alpha value is -1.26. The molecule has 1 amide bonds. The number of halogens is 2. The minimum absolute atomic E-state index is 0.0449. The number of amides is 1. The average molecular weight is 318 g/mol. The topological polar surface area (TPSA) is 66.4 Å². The smallest absolute Gasteiger partial charge is 0.337 e. The molecule has 20 heavy (non-hydrogen) atoms. The van der Waals surface area contributed by atoms with Gasteiger partial charge in [-0.05, 0) is 18.6 Å². The number of unbranched alkanes of at least 4 members (excludes halogenated alkanes) is 3. The summed E-state index contributed by atoms with van der Waals surface area (Å²) in [6, 6.07) is 2.59. The first-order chi connectivity index (χ1) is 9.45. The summed E-state index contributed by atoms with van der Waals surface area (Å²) in [7, 11) is 0. The van der Waals surface area contributed by atoms with Crippen molar-refractivity contribution < 1.29 is 14.7 Å². The van der Waals surface area contributed by atoms with E-state index in [4.69, 9.17) is 28.3 Å². The van der Waals surface area contributed by atoms with Crippen LogP contribution in [0.5, 0.6) is 0 Å². The van der Waals surface area contributed by atoms with Crippen LogP contribution in [0.4, 0.5) is 5.69 Å². The number of hydrogen-bond donors (Lipinski definition) is 2. The third-order valence-corrected chi connectivity index (χ3v) is 3.44. The molecule has 1 rings (SSSR count). The van der Waals surface area contributed by atoms with Gasteiger partial charge in [-0.2, -0.15) is 0 Å². The zero-order chi connectivity index (χ0) is 15.1. The van der Waals surface area contributed by atoms with Crippen LogP contribution in [0.3, 0.4) is 0 Å². The van der Waals surface area contributed by atoms with Crippen molar-refractivity contribution in [1.82, 2.24) is 0 Å². The molecule has 0 heterocycles. The molecule has 0 aliphatic heterocycles. The molecule has 1 aromatic rings. The molecule has 0 aliphatic rings. The first-order valence-electron chi connectivity index (χ1n) is 6.48. The van der Waals surface area contributed by atoms with Crippen molar-refractivity contribution >= 4 is 40.8 Å².